The number of aryl methyl sites for hydroxylation is 2. The van der Waals surface area contributed by atoms with Crippen molar-refractivity contribution in [3.8, 4) is 0 Å². The highest BCUT2D eigenvalue weighted by Crippen LogP contribution is 2.33. The van der Waals surface area contributed by atoms with E-state index in [1.165, 1.54) is 4.31 Å². The molecule has 0 saturated heterocycles. The first kappa shape index (κ1) is 11.5. The van der Waals surface area contributed by atoms with E-state index in [2.05, 4.69) is 0 Å². The molecule has 1 aliphatic rings. The van der Waals surface area contributed by atoms with Crippen molar-refractivity contribution in [2.24, 2.45) is 0 Å². The summed E-state index contributed by atoms with van der Waals surface area (Å²) < 4.78 is 25.6. The van der Waals surface area contributed by atoms with Crippen LogP contribution >= 0.6 is 0 Å². The number of rotatable bonds is 3. The molecule has 0 N–H and O–H groups in total. The first-order valence-electron chi connectivity index (χ1n) is 5.48. The van der Waals surface area contributed by atoms with Gasteiger partial charge in [-0.1, -0.05) is 12.1 Å². The van der Waals surface area contributed by atoms with Crippen LogP contribution in [-0.2, 0) is 10.0 Å². The molecule has 0 spiro atoms. The van der Waals surface area contributed by atoms with Crippen LogP contribution in [0.1, 0.15) is 24.0 Å². The zero-order chi connectivity index (χ0) is 11.9. The Labute approximate surface area is 97.1 Å². The van der Waals surface area contributed by atoms with Crippen molar-refractivity contribution >= 4 is 15.7 Å². The highest BCUT2D eigenvalue weighted by molar-refractivity contribution is 7.93. The van der Waals surface area contributed by atoms with Crippen molar-refractivity contribution in [2.45, 2.75) is 31.9 Å². The maximum Gasteiger partial charge on any atom is 0.237 e. The van der Waals surface area contributed by atoms with Crippen molar-refractivity contribution < 1.29 is 8.42 Å². The smallest absolute Gasteiger partial charge is 0.237 e. The summed E-state index contributed by atoms with van der Waals surface area (Å²) in [6.45, 7) is 3.91. The molecule has 0 bridgehead atoms. The van der Waals surface area contributed by atoms with Crippen LogP contribution in [0.4, 0.5) is 5.69 Å². The predicted molar refractivity (Wildman–Crippen MR) is 66.3 cm³/mol. The summed E-state index contributed by atoms with van der Waals surface area (Å²) in [5, 5.41) is -0.155. The molecule has 0 radical (unpaired) electrons. The molecule has 2 rings (SSSR count). The summed E-state index contributed by atoms with van der Waals surface area (Å²) in [4.78, 5) is 0. The zero-order valence-corrected chi connectivity index (χ0v) is 10.7. The van der Waals surface area contributed by atoms with Crippen LogP contribution in [0.5, 0.6) is 0 Å². The van der Waals surface area contributed by atoms with E-state index in [0.29, 0.717) is 0 Å². The Morgan fingerprint density at radius 3 is 2.44 bits per heavy atom. The zero-order valence-electron chi connectivity index (χ0n) is 9.90. The first-order chi connectivity index (χ1) is 7.43. The number of hydrogen-bond acceptors (Lipinski definition) is 2. The molecule has 0 unspecified atom stereocenters. The van der Waals surface area contributed by atoms with Crippen LogP contribution in [0, 0.1) is 13.8 Å². The van der Waals surface area contributed by atoms with Crippen molar-refractivity contribution in [3.05, 3.63) is 29.3 Å². The Kier molecular flexibility index (Phi) is 2.70. The summed E-state index contributed by atoms with van der Waals surface area (Å²) in [6.07, 6.45) is 1.61. The van der Waals surface area contributed by atoms with Crippen LogP contribution in [-0.4, -0.2) is 20.7 Å². The van der Waals surface area contributed by atoms with Crippen LogP contribution in [0.3, 0.4) is 0 Å². The maximum atomic E-state index is 12.1. The Bertz CT molecular complexity index is 504. The molecule has 1 saturated carbocycles. The molecule has 0 heterocycles. The van der Waals surface area contributed by atoms with E-state index in [-0.39, 0.29) is 5.25 Å². The largest absolute Gasteiger partial charge is 0.273 e. The van der Waals surface area contributed by atoms with Gasteiger partial charge in [0.1, 0.15) is 0 Å². The highest BCUT2D eigenvalue weighted by Gasteiger charge is 2.39. The molecule has 0 atom stereocenters. The van der Waals surface area contributed by atoms with Crippen LogP contribution in [0.25, 0.3) is 0 Å². The molecule has 16 heavy (non-hydrogen) atoms. The minimum absolute atomic E-state index is 0.155. The van der Waals surface area contributed by atoms with Gasteiger partial charge in [0.2, 0.25) is 10.0 Å². The molecule has 1 aromatic rings. The third-order valence-corrected chi connectivity index (χ3v) is 5.31. The second kappa shape index (κ2) is 3.77. The molecular formula is C12H17NO2S. The van der Waals surface area contributed by atoms with Gasteiger partial charge in [0.05, 0.1) is 10.9 Å². The second-order valence-corrected chi connectivity index (χ2v) is 6.75. The van der Waals surface area contributed by atoms with Gasteiger partial charge in [-0.15, -0.1) is 0 Å². The fourth-order valence-electron chi connectivity index (χ4n) is 1.79. The number of anilines is 1. The summed E-state index contributed by atoms with van der Waals surface area (Å²) in [5.74, 6) is 0. The lowest BCUT2D eigenvalue weighted by Crippen LogP contribution is -2.30. The molecular weight excluding hydrogens is 222 g/mol. The lowest BCUT2D eigenvalue weighted by Gasteiger charge is -2.21. The van der Waals surface area contributed by atoms with E-state index < -0.39 is 10.0 Å². The summed E-state index contributed by atoms with van der Waals surface area (Å²) >= 11 is 0. The van der Waals surface area contributed by atoms with Gasteiger partial charge in [0.25, 0.3) is 0 Å². The Balaban J connectivity index is 2.40. The predicted octanol–water partition coefficient (Wildman–Crippen LogP) is 2.23. The molecule has 0 amide bonds. The molecule has 1 aromatic carbocycles. The van der Waals surface area contributed by atoms with Gasteiger partial charge in [-0.3, -0.25) is 4.31 Å². The molecule has 3 nitrogen and oxygen atoms in total. The number of benzene rings is 1. The van der Waals surface area contributed by atoms with Crippen molar-refractivity contribution in [1.82, 2.24) is 0 Å². The van der Waals surface area contributed by atoms with Gasteiger partial charge >= 0.3 is 0 Å². The van der Waals surface area contributed by atoms with Crippen LogP contribution < -0.4 is 4.31 Å². The Morgan fingerprint density at radius 1 is 1.25 bits per heavy atom. The third kappa shape index (κ3) is 1.94. The summed E-state index contributed by atoms with van der Waals surface area (Å²) in [6, 6.07) is 5.88. The topological polar surface area (TPSA) is 37.4 Å². The van der Waals surface area contributed by atoms with E-state index in [1.807, 2.05) is 32.0 Å². The van der Waals surface area contributed by atoms with Gasteiger partial charge in [-0.05, 0) is 43.9 Å². The maximum absolute atomic E-state index is 12.1. The summed E-state index contributed by atoms with van der Waals surface area (Å²) in [5.41, 5.74) is 2.88. The van der Waals surface area contributed by atoms with Gasteiger partial charge < -0.3 is 0 Å². The van der Waals surface area contributed by atoms with Crippen molar-refractivity contribution in [2.75, 3.05) is 11.4 Å². The monoisotopic (exact) mass is 239 g/mol. The average Bonchev–Trinajstić information content (AvgIpc) is 3.04. The number of hydrogen-bond donors (Lipinski definition) is 0. The van der Waals surface area contributed by atoms with Gasteiger partial charge in [-0.2, -0.15) is 0 Å². The lowest BCUT2D eigenvalue weighted by atomic mass is 10.1. The standard InChI is InChI=1S/C12H17NO2S/c1-9-4-5-10(2)12(8-9)13(3)16(14,15)11-6-7-11/h4-5,8,11H,6-7H2,1-3H3. The van der Waals surface area contributed by atoms with Gasteiger partial charge in [0.15, 0.2) is 0 Å². The number of nitrogens with zero attached hydrogens (tertiary/aromatic N) is 1. The van der Waals surface area contributed by atoms with E-state index in [0.717, 1.165) is 29.7 Å². The van der Waals surface area contributed by atoms with E-state index in [1.54, 1.807) is 7.05 Å². The molecule has 4 heteroatoms. The fraction of sp³-hybridized carbons (Fsp3) is 0.500. The van der Waals surface area contributed by atoms with Crippen molar-refractivity contribution in [1.29, 1.82) is 0 Å². The third-order valence-electron chi connectivity index (χ3n) is 3.03. The van der Waals surface area contributed by atoms with Crippen molar-refractivity contribution in [3.63, 3.8) is 0 Å². The average molecular weight is 239 g/mol. The molecule has 1 aliphatic carbocycles. The number of sulfonamides is 1. The second-order valence-electron chi connectivity index (χ2n) is 4.50. The van der Waals surface area contributed by atoms with E-state index in [9.17, 15) is 8.42 Å². The molecule has 0 aromatic heterocycles. The normalized spacial score (nSPS) is 16.2. The van der Waals surface area contributed by atoms with E-state index in [4.69, 9.17) is 0 Å². The Morgan fingerprint density at radius 2 is 1.88 bits per heavy atom. The Hall–Kier alpha value is -1.03. The van der Waals surface area contributed by atoms with Crippen LogP contribution in [0.15, 0.2) is 18.2 Å². The van der Waals surface area contributed by atoms with Crippen LogP contribution in [0.2, 0.25) is 0 Å². The lowest BCUT2D eigenvalue weighted by molar-refractivity contribution is 0.593. The highest BCUT2D eigenvalue weighted by atomic mass is 32.2. The minimum atomic E-state index is -3.12. The fourth-order valence-corrected chi connectivity index (χ4v) is 3.44. The van der Waals surface area contributed by atoms with E-state index >= 15 is 0 Å². The molecule has 88 valence electrons. The van der Waals surface area contributed by atoms with Gasteiger partial charge in [0, 0.05) is 7.05 Å². The summed E-state index contributed by atoms with van der Waals surface area (Å²) in [7, 11) is -1.48. The molecule has 0 aliphatic heterocycles. The quantitative estimate of drug-likeness (QED) is 0.811. The first-order valence-corrected chi connectivity index (χ1v) is 6.98. The SMILES string of the molecule is Cc1ccc(C)c(N(C)S(=O)(=O)C2CC2)c1. The van der Waals surface area contributed by atoms with Gasteiger partial charge in [-0.25, -0.2) is 8.42 Å². The molecule has 1 fully saturated rings. The minimum Gasteiger partial charge on any atom is -0.273 e.